The van der Waals surface area contributed by atoms with Crippen LogP contribution in [0.2, 0.25) is 0 Å². The largest absolute Gasteiger partial charge is 0.243 e. The highest BCUT2D eigenvalue weighted by atomic mass is 32.2. The van der Waals surface area contributed by atoms with Gasteiger partial charge in [-0.25, -0.2) is 12.8 Å². The van der Waals surface area contributed by atoms with Crippen LogP contribution in [0.25, 0.3) is 0 Å². The Hall–Kier alpha value is -1.20. The zero-order chi connectivity index (χ0) is 13.1. The lowest BCUT2D eigenvalue weighted by Gasteiger charge is -2.20. The Balaban J connectivity index is 3.08. The predicted octanol–water partition coefficient (Wildman–Crippen LogP) is 2.41. The fraction of sp³-hybridized carbons (Fsp3) is 0.333. The van der Waals surface area contributed by atoms with Crippen molar-refractivity contribution in [2.24, 2.45) is 0 Å². The second kappa shape index (κ2) is 5.42. The Morgan fingerprint density at radius 1 is 1.35 bits per heavy atom. The van der Waals surface area contributed by atoms with Crippen LogP contribution >= 0.6 is 0 Å². The molecule has 0 aliphatic carbocycles. The van der Waals surface area contributed by atoms with Crippen LogP contribution in [0.3, 0.4) is 0 Å². The van der Waals surface area contributed by atoms with Crippen LogP contribution in [-0.4, -0.2) is 25.8 Å². The second-order valence-corrected chi connectivity index (χ2v) is 5.78. The molecule has 1 rings (SSSR count). The van der Waals surface area contributed by atoms with Crippen molar-refractivity contribution in [3.8, 4) is 0 Å². The number of nitrogens with zero attached hydrogens (tertiary/aromatic N) is 1. The van der Waals surface area contributed by atoms with E-state index in [0.29, 0.717) is 6.54 Å². The highest BCUT2D eigenvalue weighted by Gasteiger charge is 2.22. The summed E-state index contributed by atoms with van der Waals surface area (Å²) in [5.74, 6) is -0.452. The van der Waals surface area contributed by atoms with Gasteiger partial charge in [0, 0.05) is 13.1 Å². The number of likely N-dealkylation sites (N-methyl/N-ethyl adjacent to an activating group) is 1. The average Bonchev–Trinajstić information content (AvgIpc) is 2.26. The van der Waals surface area contributed by atoms with Crippen molar-refractivity contribution in [2.75, 3.05) is 13.1 Å². The number of hydrogen-bond donors (Lipinski definition) is 0. The van der Waals surface area contributed by atoms with E-state index < -0.39 is 15.8 Å². The van der Waals surface area contributed by atoms with Gasteiger partial charge < -0.3 is 0 Å². The van der Waals surface area contributed by atoms with Gasteiger partial charge in [-0.3, -0.25) is 0 Å². The summed E-state index contributed by atoms with van der Waals surface area (Å²) in [4.78, 5) is 0.0991. The number of rotatable bonds is 5. The molecule has 0 saturated carbocycles. The molecule has 3 nitrogen and oxygen atoms in total. The third-order valence-corrected chi connectivity index (χ3v) is 4.19. The van der Waals surface area contributed by atoms with E-state index >= 15 is 0 Å². The minimum absolute atomic E-state index is 0.0991. The summed E-state index contributed by atoms with van der Waals surface area (Å²) in [6.45, 7) is 7.85. The van der Waals surface area contributed by atoms with Crippen molar-refractivity contribution in [1.29, 1.82) is 0 Å². The summed E-state index contributed by atoms with van der Waals surface area (Å²) in [6.07, 6.45) is 0. The summed E-state index contributed by atoms with van der Waals surface area (Å²) in [6, 6.07) is 4.82. The van der Waals surface area contributed by atoms with Crippen LogP contribution in [0, 0.1) is 5.82 Å². The Bertz CT molecular complexity index is 494. The van der Waals surface area contributed by atoms with Gasteiger partial charge in [-0.05, 0) is 31.2 Å². The number of sulfonamides is 1. The molecule has 0 aliphatic rings. The molecule has 0 unspecified atom stereocenters. The third-order valence-electron chi connectivity index (χ3n) is 2.25. The molecule has 0 bridgehead atoms. The molecule has 0 atom stereocenters. The maximum Gasteiger partial charge on any atom is 0.243 e. The van der Waals surface area contributed by atoms with Crippen molar-refractivity contribution in [3.63, 3.8) is 0 Å². The topological polar surface area (TPSA) is 37.4 Å². The Labute approximate surface area is 102 Å². The SMILES string of the molecule is C=C(C)CN(CC)S(=O)(=O)c1ccc(F)cc1. The molecule has 0 radical (unpaired) electrons. The van der Waals surface area contributed by atoms with E-state index in [0.717, 1.165) is 17.7 Å². The lowest BCUT2D eigenvalue weighted by atomic mass is 10.3. The van der Waals surface area contributed by atoms with Crippen LogP contribution in [0.4, 0.5) is 4.39 Å². The zero-order valence-electron chi connectivity index (χ0n) is 9.98. The molecule has 1 aromatic carbocycles. The van der Waals surface area contributed by atoms with Crippen molar-refractivity contribution in [1.82, 2.24) is 4.31 Å². The van der Waals surface area contributed by atoms with Crippen molar-refractivity contribution in [2.45, 2.75) is 18.7 Å². The van der Waals surface area contributed by atoms with Crippen molar-refractivity contribution < 1.29 is 12.8 Å². The van der Waals surface area contributed by atoms with Gasteiger partial charge in [0.15, 0.2) is 0 Å². The fourth-order valence-electron chi connectivity index (χ4n) is 1.42. The first-order chi connectivity index (χ1) is 7.87. The van der Waals surface area contributed by atoms with Gasteiger partial charge in [0.1, 0.15) is 5.82 Å². The molecule has 0 aliphatic heterocycles. The summed E-state index contributed by atoms with van der Waals surface area (Å²) in [5.41, 5.74) is 0.762. The Kier molecular flexibility index (Phi) is 4.42. The second-order valence-electron chi connectivity index (χ2n) is 3.84. The maximum atomic E-state index is 12.7. The normalized spacial score (nSPS) is 11.8. The molecule has 0 saturated heterocycles. The molecule has 17 heavy (non-hydrogen) atoms. The minimum atomic E-state index is -3.56. The number of benzene rings is 1. The number of hydrogen-bond acceptors (Lipinski definition) is 2. The Morgan fingerprint density at radius 2 is 1.88 bits per heavy atom. The van der Waals surface area contributed by atoms with Gasteiger partial charge >= 0.3 is 0 Å². The van der Waals surface area contributed by atoms with E-state index in [2.05, 4.69) is 6.58 Å². The summed E-state index contributed by atoms with van der Waals surface area (Å²) in [7, 11) is -3.56. The molecule has 5 heteroatoms. The molecular weight excluding hydrogens is 241 g/mol. The first kappa shape index (κ1) is 13.9. The highest BCUT2D eigenvalue weighted by molar-refractivity contribution is 7.89. The minimum Gasteiger partial charge on any atom is -0.207 e. The van der Waals surface area contributed by atoms with Gasteiger partial charge in [-0.2, -0.15) is 4.31 Å². The van der Waals surface area contributed by atoms with Gasteiger partial charge in [0.25, 0.3) is 0 Å². The zero-order valence-corrected chi connectivity index (χ0v) is 10.8. The summed E-state index contributed by atoms with van der Waals surface area (Å²) in [5, 5.41) is 0. The van der Waals surface area contributed by atoms with Crippen LogP contribution in [-0.2, 0) is 10.0 Å². The number of halogens is 1. The standard InChI is InChI=1S/C12H16FNO2S/c1-4-14(9-10(2)3)17(15,16)12-7-5-11(13)6-8-12/h5-8H,2,4,9H2,1,3H3. The average molecular weight is 257 g/mol. The van der Waals surface area contributed by atoms with E-state index in [1.54, 1.807) is 13.8 Å². The first-order valence-electron chi connectivity index (χ1n) is 5.28. The summed E-state index contributed by atoms with van der Waals surface area (Å²) >= 11 is 0. The van der Waals surface area contributed by atoms with E-state index in [1.807, 2.05) is 0 Å². The monoisotopic (exact) mass is 257 g/mol. The van der Waals surface area contributed by atoms with E-state index in [1.165, 1.54) is 16.4 Å². The van der Waals surface area contributed by atoms with Gasteiger partial charge in [0.05, 0.1) is 4.90 Å². The molecule has 94 valence electrons. The molecule has 0 heterocycles. The molecular formula is C12H16FNO2S. The van der Waals surface area contributed by atoms with Crippen LogP contribution in [0.5, 0.6) is 0 Å². The third kappa shape index (κ3) is 3.38. The van der Waals surface area contributed by atoms with Crippen LogP contribution in [0.1, 0.15) is 13.8 Å². The maximum absolute atomic E-state index is 12.7. The highest BCUT2D eigenvalue weighted by Crippen LogP contribution is 2.16. The van der Waals surface area contributed by atoms with Gasteiger partial charge in [-0.1, -0.05) is 19.1 Å². The summed E-state index contributed by atoms with van der Waals surface area (Å²) < 4.78 is 38.4. The van der Waals surface area contributed by atoms with E-state index in [4.69, 9.17) is 0 Å². The molecule has 0 fully saturated rings. The van der Waals surface area contributed by atoms with E-state index in [9.17, 15) is 12.8 Å². The lowest BCUT2D eigenvalue weighted by Crippen LogP contribution is -2.32. The van der Waals surface area contributed by atoms with Crippen LogP contribution < -0.4 is 0 Å². The lowest BCUT2D eigenvalue weighted by molar-refractivity contribution is 0.452. The van der Waals surface area contributed by atoms with Crippen LogP contribution in [0.15, 0.2) is 41.3 Å². The molecule has 0 amide bonds. The molecule has 1 aromatic rings. The molecule has 0 N–H and O–H groups in total. The molecule has 0 spiro atoms. The van der Waals surface area contributed by atoms with Crippen molar-refractivity contribution in [3.05, 3.63) is 42.2 Å². The van der Waals surface area contributed by atoms with E-state index in [-0.39, 0.29) is 11.4 Å². The van der Waals surface area contributed by atoms with Crippen molar-refractivity contribution >= 4 is 10.0 Å². The fourth-order valence-corrected chi connectivity index (χ4v) is 2.93. The Morgan fingerprint density at radius 3 is 2.29 bits per heavy atom. The van der Waals surface area contributed by atoms with Gasteiger partial charge in [0.2, 0.25) is 10.0 Å². The quantitative estimate of drug-likeness (QED) is 0.760. The van der Waals surface area contributed by atoms with Gasteiger partial charge in [-0.15, -0.1) is 0 Å². The first-order valence-corrected chi connectivity index (χ1v) is 6.72. The smallest absolute Gasteiger partial charge is 0.207 e. The predicted molar refractivity (Wildman–Crippen MR) is 65.6 cm³/mol. The molecule has 0 aromatic heterocycles.